The van der Waals surface area contributed by atoms with E-state index in [-0.39, 0.29) is 18.5 Å². The fourth-order valence-corrected chi connectivity index (χ4v) is 3.90. The number of nitrogens with two attached hydrogens (primary N) is 1. The van der Waals surface area contributed by atoms with E-state index in [0.717, 1.165) is 12.8 Å². The van der Waals surface area contributed by atoms with Crippen molar-refractivity contribution in [3.05, 3.63) is 52.4 Å². The molecule has 0 saturated carbocycles. The van der Waals surface area contributed by atoms with Crippen molar-refractivity contribution in [2.45, 2.75) is 18.9 Å². The van der Waals surface area contributed by atoms with E-state index in [4.69, 9.17) is 5.73 Å². The molecule has 1 aliphatic rings. The lowest BCUT2D eigenvalue weighted by Crippen LogP contribution is -2.32. The molecule has 1 aromatic heterocycles. The lowest BCUT2D eigenvalue weighted by molar-refractivity contribution is -0.117. The molecule has 1 aromatic carbocycles. The molecule has 2 amide bonds. The minimum atomic E-state index is -0.528. The molecule has 6 heteroatoms. The maximum absolute atomic E-state index is 12.3. The number of amides is 2. The van der Waals surface area contributed by atoms with Crippen LogP contribution in [0.3, 0.4) is 0 Å². The van der Waals surface area contributed by atoms with Gasteiger partial charge in [0.2, 0.25) is 5.91 Å². The van der Waals surface area contributed by atoms with Gasteiger partial charge < -0.3 is 11.1 Å². The molecule has 0 spiro atoms. The molecule has 0 radical (unpaired) electrons. The van der Waals surface area contributed by atoms with Crippen LogP contribution in [-0.4, -0.2) is 30.3 Å². The summed E-state index contributed by atoms with van der Waals surface area (Å²) in [6, 6.07) is 10.3. The van der Waals surface area contributed by atoms with Gasteiger partial charge in [-0.1, -0.05) is 24.3 Å². The molecule has 0 unspecified atom stereocenters. The molecule has 5 nitrogen and oxygen atoms in total. The average Bonchev–Trinajstić information content (AvgIpc) is 3.13. The van der Waals surface area contributed by atoms with Crippen LogP contribution < -0.4 is 11.1 Å². The molecule has 120 valence electrons. The highest BCUT2D eigenvalue weighted by Crippen LogP contribution is 2.34. The van der Waals surface area contributed by atoms with Gasteiger partial charge in [0.1, 0.15) is 5.00 Å². The monoisotopic (exact) mass is 329 g/mol. The van der Waals surface area contributed by atoms with Crippen LogP contribution in [0.4, 0.5) is 5.00 Å². The molecular formula is C17H19N3O2S. The van der Waals surface area contributed by atoms with Gasteiger partial charge in [0.15, 0.2) is 0 Å². The largest absolute Gasteiger partial charge is 0.366 e. The zero-order valence-corrected chi connectivity index (χ0v) is 13.7. The number of nitrogens with zero attached hydrogens (tertiary/aromatic N) is 1. The highest BCUT2D eigenvalue weighted by molar-refractivity contribution is 7.14. The Balaban J connectivity index is 1.64. The normalized spacial score (nSPS) is 16.3. The number of aryl methyl sites for hydroxylation is 1. The third kappa shape index (κ3) is 3.28. The van der Waals surface area contributed by atoms with Crippen molar-refractivity contribution >= 4 is 28.2 Å². The smallest absolute Gasteiger partial charge is 0.251 e. The van der Waals surface area contributed by atoms with E-state index in [1.807, 2.05) is 13.1 Å². The number of carbonyl (C=O) groups excluding carboxylic acids is 2. The lowest BCUT2D eigenvalue weighted by Gasteiger charge is -2.24. The number of thiophene rings is 1. The molecule has 0 aliphatic heterocycles. The third-order valence-corrected chi connectivity index (χ3v) is 5.04. The van der Waals surface area contributed by atoms with Gasteiger partial charge in [0.05, 0.1) is 12.1 Å². The topological polar surface area (TPSA) is 75.4 Å². The second-order valence-corrected chi connectivity index (χ2v) is 6.66. The second kappa shape index (κ2) is 6.52. The number of rotatable bonds is 5. The van der Waals surface area contributed by atoms with Crippen LogP contribution in [0.25, 0.3) is 0 Å². The van der Waals surface area contributed by atoms with Crippen molar-refractivity contribution in [1.82, 2.24) is 4.90 Å². The van der Waals surface area contributed by atoms with Gasteiger partial charge in [0, 0.05) is 6.04 Å². The molecule has 3 N–H and O–H groups in total. The molecule has 0 saturated heterocycles. The van der Waals surface area contributed by atoms with Gasteiger partial charge in [-0.3, -0.25) is 14.5 Å². The second-order valence-electron chi connectivity index (χ2n) is 5.74. The number of nitrogens with one attached hydrogen (secondary N) is 1. The number of fused-ring (bicyclic) bond motifs is 1. The Bertz CT molecular complexity index is 741. The van der Waals surface area contributed by atoms with Crippen LogP contribution in [0, 0.1) is 0 Å². The number of hydrogen-bond donors (Lipinski definition) is 2. The number of carbonyl (C=O) groups is 2. The van der Waals surface area contributed by atoms with E-state index in [1.165, 1.54) is 22.5 Å². The first-order valence-electron chi connectivity index (χ1n) is 7.51. The fraction of sp³-hybridized carbons (Fsp3) is 0.294. The Labute approximate surface area is 139 Å². The van der Waals surface area contributed by atoms with E-state index in [2.05, 4.69) is 28.4 Å². The summed E-state index contributed by atoms with van der Waals surface area (Å²) in [6.45, 7) is 0.273. The Hall–Kier alpha value is -2.18. The fourth-order valence-electron chi connectivity index (χ4n) is 3.10. The van der Waals surface area contributed by atoms with Crippen molar-refractivity contribution in [3.8, 4) is 0 Å². The van der Waals surface area contributed by atoms with Crippen molar-refractivity contribution in [3.63, 3.8) is 0 Å². The molecule has 1 heterocycles. The van der Waals surface area contributed by atoms with Crippen molar-refractivity contribution in [2.24, 2.45) is 5.73 Å². The quantitative estimate of drug-likeness (QED) is 0.884. The first-order valence-corrected chi connectivity index (χ1v) is 8.39. The summed E-state index contributed by atoms with van der Waals surface area (Å²) in [5.74, 6) is -0.665. The van der Waals surface area contributed by atoms with Crippen LogP contribution in [0.5, 0.6) is 0 Å². The Kier molecular flexibility index (Phi) is 4.45. The van der Waals surface area contributed by atoms with Crippen LogP contribution >= 0.6 is 11.3 Å². The van der Waals surface area contributed by atoms with Crippen LogP contribution in [-0.2, 0) is 11.2 Å². The lowest BCUT2D eigenvalue weighted by atomic mass is 10.1. The number of benzene rings is 1. The van der Waals surface area contributed by atoms with Gasteiger partial charge in [-0.15, -0.1) is 11.3 Å². The summed E-state index contributed by atoms with van der Waals surface area (Å²) in [4.78, 5) is 25.6. The van der Waals surface area contributed by atoms with E-state index in [9.17, 15) is 9.59 Å². The maximum Gasteiger partial charge on any atom is 0.251 e. The average molecular weight is 329 g/mol. The summed E-state index contributed by atoms with van der Waals surface area (Å²) in [7, 11) is 1.95. The van der Waals surface area contributed by atoms with Gasteiger partial charge in [0.25, 0.3) is 5.91 Å². The van der Waals surface area contributed by atoms with E-state index < -0.39 is 5.91 Å². The van der Waals surface area contributed by atoms with Gasteiger partial charge in [-0.25, -0.2) is 0 Å². The molecule has 3 rings (SSSR count). The minimum absolute atomic E-state index is 0.137. The predicted octanol–water partition coefficient (Wildman–Crippen LogP) is 2.40. The molecule has 2 aromatic rings. The van der Waals surface area contributed by atoms with Crippen molar-refractivity contribution in [2.75, 3.05) is 18.9 Å². The summed E-state index contributed by atoms with van der Waals surface area (Å²) < 4.78 is 0. The summed E-state index contributed by atoms with van der Waals surface area (Å²) in [6.07, 6.45) is 2.07. The Morgan fingerprint density at radius 3 is 2.91 bits per heavy atom. The zero-order chi connectivity index (χ0) is 16.4. The Morgan fingerprint density at radius 1 is 1.35 bits per heavy atom. The van der Waals surface area contributed by atoms with Crippen molar-refractivity contribution < 1.29 is 9.59 Å². The third-order valence-electron chi connectivity index (χ3n) is 4.21. The number of likely N-dealkylation sites (N-methyl/N-ethyl adjacent to an activating group) is 1. The molecule has 1 aliphatic carbocycles. The van der Waals surface area contributed by atoms with Gasteiger partial charge in [-0.2, -0.15) is 0 Å². The first kappa shape index (κ1) is 15.7. The number of primary amides is 1. The SMILES string of the molecule is CN(CC(=O)Nc1sccc1C(N)=O)[C@H]1CCc2ccccc21. The summed E-state index contributed by atoms with van der Waals surface area (Å²) >= 11 is 1.30. The zero-order valence-electron chi connectivity index (χ0n) is 12.9. The molecule has 0 fully saturated rings. The number of hydrogen-bond acceptors (Lipinski definition) is 4. The van der Waals surface area contributed by atoms with Gasteiger partial charge >= 0.3 is 0 Å². The highest BCUT2D eigenvalue weighted by atomic mass is 32.1. The first-order chi connectivity index (χ1) is 11.1. The van der Waals surface area contributed by atoms with E-state index in [0.29, 0.717) is 10.6 Å². The minimum Gasteiger partial charge on any atom is -0.366 e. The maximum atomic E-state index is 12.3. The van der Waals surface area contributed by atoms with Crippen LogP contribution in [0.1, 0.15) is 33.9 Å². The van der Waals surface area contributed by atoms with Crippen LogP contribution in [0.2, 0.25) is 0 Å². The highest BCUT2D eigenvalue weighted by Gasteiger charge is 2.26. The standard InChI is InChI=1S/C17H19N3O2S/c1-20(14-7-6-11-4-2-3-5-12(11)14)10-15(21)19-17-13(16(18)22)8-9-23-17/h2-5,8-9,14H,6-7,10H2,1H3,(H2,18,22)(H,19,21)/t14-/m0/s1. The molecule has 1 atom stereocenters. The van der Waals surface area contributed by atoms with Crippen LogP contribution in [0.15, 0.2) is 35.7 Å². The number of anilines is 1. The van der Waals surface area contributed by atoms with Gasteiger partial charge in [-0.05, 0) is 42.5 Å². The van der Waals surface area contributed by atoms with Crippen molar-refractivity contribution in [1.29, 1.82) is 0 Å². The van der Waals surface area contributed by atoms with E-state index >= 15 is 0 Å². The summed E-state index contributed by atoms with van der Waals surface area (Å²) in [5, 5.41) is 5.05. The van der Waals surface area contributed by atoms with E-state index in [1.54, 1.807) is 11.4 Å². The predicted molar refractivity (Wildman–Crippen MR) is 91.6 cm³/mol. The molecule has 23 heavy (non-hydrogen) atoms. The Morgan fingerprint density at radius 2 is 2.13 bits per heavy atom. The molecule has 0 bridgehead atoms. The molecular weight excluding hydrogens is 310 g/mol. The summed E-state index contributed by atoms with van der Waals surface area (Å²) in [5.41, 5.74) is 8.32.